The van der Waals surface area contributed by atoms with Crippen LogP contribution >= 0.6 is 0 Å². The Morgan fingerprint density at radius 1 is 1.18 bits per heavy atom. The summed E-state index contributed by atoms with van der Waals surface area (Å²) in [5, 5.41) is 18.0. The van der Waals surface area contributed by atoms with Gasteiger partial charge < -0.3 is 26.4 Å². The minimum atomic E-state index is -1.56. The summed E-state index contributed by atoms with van der Waals surface area (Å²) in [5.41, 5.74) is 4.89. The standard InChI is InChI=1S/C25H34N4O4/c1-25(2,33)24(32)29-14-5-9-21(29)23(31)28-20(22(30)27-13-6-12-26)16-17-10-11-18-7-3-4-8-19(18)15-17/h3-4,7-8,10-11,15,20-21,33H,5-6,9,12-14,16,26H2,1-2H3,(H,27,30)(H,28,31)/t20-,21?/m1/s1. The Hall–Kier alpha value is -2.97. The third-order valence-electron chi connectivity index (χ3n) is 5.91. The van der Waals surface area contributed by atoms with Crippen LogP contribution in [0.2, 0.25) is 0 Å². The average Bonchev–Trinajstić information content (AvgIpc) is 3.27. The van der Waals surface area contributed by atoms with Crippen molar-refractivity contribution in [3.63, 3.8) is 0 Å². The quantitative estimate of drug-likeness (QED) is 0.422. The van der Waals surface area contributed by atoms with E-state index >= 15 is 0 Å². The van der Waals surface area contributed by atoms with E-state index in [2.05, 4.69) is 10.6 Å². The Kier molecular flexibility index (Phi) is 8.05. The maximum atomic E-state index is 13.1. The predicted molar refractivity (Wildman–Crippen MR) is 127 cm³/mol. The molecule has 1 heterocycles. The van der Waals surface area contributed by atoms with Crippen LogP contribution in [0.4, 0.5) is 0 Å². The SMILES string of the molecule is CC(C)(O)C(=O)N1CCCC1C(=O)N[C@H](Cc1ccc2ccccc2c1)C(=O)NCCCN. The molecule has 8 nitrogen and oxygen atoms in total. The Labute approximate surface area is 194 Å². The molecule has 0 spiro atoms. The number of carbonyl (C=O) groups excluding carboxylic acids is 3. The van der Waals surface area contributed by atoms with Gasteiger partial charge in [0.1, 0.15) is 17.7 Å². The molecule has 1 aliphatic rings. The zero-order valence-corrected chi connectivity index (χ0v) is 19.3. The van der Waals surface area contributed by atoms with Crippen molar-refractivity contribution in [3.8, 4) is 0 Å². The molecular weight excluding hydrogens is 420 g/mol. The smallest absolute Gasteiger partial charge is 0.254 e. The van der Waals surface area contributed by atoms with Crippen LogP contribution in [0.25, 0.3) is 10.8 Å². The molecule has 1 saturated heterocycles. The number of benzene rings is 2. The molecule has 1 unspecified atom stereocenters. The van der Waals surface area contributed by atoms with Gasteiger partial charge in [0.05, 0.1) is 0 Å². The van der Waals surface area contributed by atoms with Crippen molar-refractivity contribution >= 4 is 28.5 Å². The van der Waals surface area contributed by atoms with Gasteiger partial charge in [-0.15, -0.1) is 0 Å². The molecule has 2 aromatic rings. The highest BCUT2D eigenvalue weighted by Gasteiger charge is 2.40. The van der Waals surface area contributed by atoms with Crippen molar-refractivity contribution in [2.45, 2.75) is 57.2 Å². The van der Waals surface area contributed by atoms with Gasteiger partial charge in [0, 0.05) is 19.5 Å². The van der Waals surface area contributed by atoms with E-state index in [9.17, 15) is 19.5 Å². The fraction of sp³-hybridized carbons (Fsp3) is 0.480. The first-order valence-corrected chi connectivity index (χ1v) is 11.5. The summed E-state index contributed by atoms with van der Waals surface area (Å²) in [6.07, 6.45) is 2.11. The number of rotatable bonds is 9. The van der Waals surface area contributed by atoms with E-state index < -0.39 is 23.6 Å². The van der Waals surface area contributed by atoms with Crippen LogP contribution in [0.3, 0.4) is 0 Å². The summed E-state index contributed by atoms with van der Waals surface area (Å²) in [6.45, 7) is 4.11. The number of aliphatic hydroxyl groups is 1. The zero-order chi connectivity index (χ0) is 24.0. The number of nitrogens with two attached hydrogens (primary N) is 1. The molecule has 1 fully saturated rings. The maximum absolute atomic E-state index is 13.1. The van der Waals surface area contributed by atoms with Crippen molar-refractivity contribution < 1.29 is 19.5 Å². The van der Waals surface area contributed by atoms with Crippen LogP contribution in [0.15, 0.2) is 42.5 Å². The van der Waals surface area contributed by atoms with Gasteiger partial charge in [-0.2, -0.15) is 0 Å². The molecule has 3 rings (SSSR count). The maximum Gasteiger partial charge on any atom is 0.254 e. The Morgan fingerprint density at radius 2 is 1.91 bits per heavy atom. The Morgan fingerprint density at radius 3 is 2.61 bits per heavy atom. The Balaban J connectivity index is 1.77. The first kappa shape index (κ1) is 24.7. The minimum absolute atomic E-state index is 0.289. The van der Waals surface area contributed by atoms with E-state index in [0.717, 1.165) is 16.3 Å². The molecule has 0 bridgehead atoms. The summed E-state index contributed by atoms with van der Waals surface area (Å²) in [4.78, 5) is 40.1. The highest BCUT2D eigenvalue weighted by molar-refractivity contribution is 5.94. The van der Waals surface area contributed by atoms with Gasteiger partial charge in [0.2, 0.25) is 11.8 Å². The van der Waals surface area contributed by atoms with Gasteiger partial charge in [-0.25, -0.2) is 0 Å². The van der Waals surface area contributed by atoms with Crippen LogP contribution < -0.4 is 16.4 Å². The van der Waals surface area contributed by atoms with Gasteiger partial charge >= 0.3 is 0 Å². The third kappa shape index (κ3) is 6.30. The molecular formula is C25H34N4O4. The number of nitrogens with zero attached hydrogens (tertiary/aromatic N) is 1. The van der Waals surface area contributed by atoms with Gasteiger partial charge in [0.25, 0.3) is 5.91 Å². The highest BCUT2D eigenvalue weighted by Crippen LogP contribution is 2.22. The summed E-state index contributed by atoms with van der Waals surface area (Å²) >= 11 is 0. The molecule has 0 radical (unpaired) electrons. The van der Waals surface area contributed by atoms with Crippen LogP contribution in [0.1, 0.15) is 38.7 Å². The van der Waals surface area contributed by atoms with Gasteiger partial charge in [0.15, 0.2) is 0 Å². The molecule has 0 saturated carbocycles. The normalized spacial score (nSPS) is 17.1. The van der Waals surface area contributed by atoms with Crippen LogP contribution in [0.5, 0.6) is 0 Å². The third-order valence-corrected chi connectivity index (χ3v) is 5.91. The van der Waals surface area contributed by atoms with Crippen molar-refractivity contribution in [1.82, 2.24) is 15.5 Å². The number of likely N-dealkylation sites (tertiary alicyclic amines) is 1. The van der Waals surface area contributed by atoms with Gasteiger partial charge in [-0.1, -0.05) is 42.5 Å². The molecule has 3 amide bonds. The highest BCUT2D eigenvalue weighted by atomic mass is 16.3. The second-order valence-corrected chi connectivity index (χ2v) is 9.10. The number of amides is 3. The molecule has 2 aromatic carbocycles. The molecule has 8 heteroatoms. The lowest BCUT2D eigenvalue weighted by Crippen LogP contribution is -2.56. The molecule has 1 aliphatic heterocycles. The number of nitrogens with one attached hydrogen (secondary N) is 2. The van der Waals surface area contributed by atoms with Crippen LogP contribution in [-0.2, 0) is 20.8 Å². The molecule has 0 aliphatic carbocycles. The van der Waals surface area contributed by atoms with E-state index in [0.29, 0.717) is 45.3 Å². The fourth-order valence-electron chi connectivity index (χ4n) is 4.15. The van der Waals surface area contributed by atoms with E-state index in [1.807, 2.05) is 42.5 Å². The summed E-state index contributed by atoms with van der Waals surface area (Å²) in [5.74, 6) is -1.16. The predicted octanol–water partition coefficient (Wildman–Crippen LogP) is 1.09. The van der Waals surface area contributed by atoms with Crippen molar-refractivity contribution in [1.29, 1.82) is 0 Å². The van der Waals surface area contributed by atoms with E-state index in [-0.39, 0.29) is 11.8 Å². The molecule has 2 atom stereocenters. The Bertz CT molecular complexity index is 1000. The summed E-state index contributed by atoms with van der Waals surface area (Å²) < 4.78 is 0. The number of hydrogen-bond acceptors (Lipinski definition) is 5. The largest absolute Gasteiger partial charge is 0.381 e. The molecule has 0 aromatic heterocycles. The molecule has 5 N–H and O–H groups in total. The second kappa shape index (κ2) is 10.8. The number of fused-ring (bicyclic) bond motifs is 1. The van der Waals surface area contributed by atoms with Gasteiger partial charge in [-0.3, -0.25) is 14.4 Å². The lowest BCUT2D eigenvalue weighted by atomic mass is 10.0. The monoisotopic (exact) mass is 454 g/mol. The fourth-order valence-corrected chi connectivity index (χ4v) is 4.15. The number of carbonyl (C=O) groups is 3. The molecule has 33 heavy (non-hydrogen) atoms. The average molecular weight is 455 g/mol. The number of hydrogen-bond donors (Lipinski definition) is 4. The van der Waals surface area contributed by atoms with Gasteiger partial charge in [-0.05, 0) is 56.0 Å². The summed E-state index contributed by atoms with van der Waals surface area (Å²) in [6, 6.07) is 12.4. The first-order chi connectivity index (χ1) is 15.7. The van der Waals surface area contributed by atoms with E-state index in [4.69, 9.17) is 5.73 Å². The van der Waals surface area contributed by atoms with E-state index in [1.54, 1.807) is 0 Å². The van der Waals surface area contributed by atoms with Crippen molar-refractivity contribution in [2.24, 2.45) is 5.73 Å². The van der Waals surface area contributed by atoms with Crippen LogP contribution in [0, 0.1) is 0 Å². The molecule has 178 valence electrons. The lowest BCUT2D eigenvalue weighted by molar-refractivity contribution is -0.151. The second-order valence-electron chi connectivity index (χ2n) is 9.10. The summed E-state index contributed by atoms with van der Waals surface area (Å²) in [7, 11) is 0. The topological polar surface area (TPSA) is 125 Å². The minimum Gasteiger partial charge on any atom is -0.381 e. The first-order valence-electron chi connectivity index (χ1n) is 11.5. The van der Waals surface area contributed by atoms with Crippen molar-refractivity contribution in [2.75, 3.05) is 19.6 Å². The van der Waals surface area contributed by atoms with Crippen LogP contribution in [-0.4, -0.2) is 65.0 Å². The zero-order valence-electron chi connectivity index (χ0n) is 19.3. The lowest BCUT2D eigenvalue weighted by Gasteiger charge is -2.30. The van der Waals surface area contributed by atoms with E-state index in [1.165, 1.54) is 18.7 Å². The van der Waals surface area contributed by atoms with Crippen molar-refractivity contribution in [3.05, 3.63) is 48.0 Å².